The Balaban J connectivity index is 2.11. The van der Waals surface area contributed by atoms with Crippen LogP contribution in [0.25, 0.3) is 0 Å². The van der Waals surface area contributed by atoms with Gasteiger partial charge < -0.3 is 0 Å². The lowest BCUT2D eigenvalue weighted by atomic mass is 10.2. The van der Waals surface area contributed by atoms with E-state index in [-0.39, 0.29) is 5.15 Å². The Morgan fingerprint density at radius 1 is 1.06 bits per heavy atom. The van der Waals surface area contributed by atoms with Crippen molar-refractivity contribution in [3.63, 3.8) is 0 Å². The van der Waals surface area contributed by atoms with Crippen molar-refractivity contribution >= 4 is 46.8 Å². The first-order valence-corrected chi connectivity index (χ1v) is 6.16. The average Bonchev–Trinajstić information content (AvgIpc) is 2.37. The molecule has 1 heterocycles. The molecule has 18 heavy (non-hydrogen) atoms. The van der Waals surface area contributed by atoms with E-state index >= 15 is 0 Å². The standard InChI is InChI=1S/C12H8Cl3N3/c13-9-6-10(14)12(17-11(9)15)18-16-7-8-4-2-1-3-5-8/h1-7H,(H,17,18)/b16-7-. The van der Waals surface area contributed by atoms with Crippen molar-refractivity contribution in [2.75, 3.05) is 5.43 Å². The van der Waals surface area contributed by atoms with Gasteiger partial charge in [-0.15, -0.1) is 0 Å². The summed E-state index contributed by atoms with van der Waals surface area (Å²) in [5.74, 6) is 0.359. The molecule has 0 bridgehead atoms. The van der Waals surface area contributed by atoms with Gasteiger partial charge in [-0.3, -0.25) is 5.43 Å². The van der Waals surface area contributed by atoms with Crippen molar-refractivity contribution in [1.29, 1.82) is 0 Å². The Morgan fingerprint density at radius 3 is 2.50 bits per heavy atom. The summed E-state index contributed by atoms with van der Waals surface area (Å²) in [5.41, 5.74) is 3.67. The number of aromatic nitrogens is 1. The molecule has 2 aromatic rings. The maximum atomic E-state index is 5.94. The van der Waals surface area contributed by atoms with Gasteiger partial charge in [0.25, 0.3) is 0 Å². The van der Waals surface area contributed by atoms with Crippen LogP contribution in [0.5, 0.6) is 0 Å². The zero-order valence-electron chi connectivity index (χ0n) is 9.07. The smallest absolute Gasteiger partial charge is 0.166 e. The Hall–Kier alpha value is -1.29. The highest BCUT2D eigenvalue weighted by molar-refractivity contribution is 6.42. The quantitative estimate of drug-likeness (QED) is 0.515. The highest BCUT2D eigenvalue weighted by Gasteiger charge is 2.06. The Morgan fingerprint density at radius 2 is 1.78 bits per heavy atom. The number of pyridine rings is 1. The number of benzene rings is 1. The molecule has 0 radical (unpaired) electrons. The van der Waals surface area contributed by atoms with Gasteiger partial charge in [-0.1, -0.05) is 65.1 Å². The number of nitrogens with one attached hydrogen (secondary N) is 1. The van der Waals surface area contributed by atoms with Gasteiger partial charge in [-0.25, -0.2) is 4.98 Å². The van der Waals surface area contributed by atoms with Crippen LogP contribution in [-0.2, 0) is 0 Å². The molecule has 2 rings (SSSR count). The van der Waals surface area contributed by atoms with Crippen molar-refractivity contribution in [2.45, 2.75) is 0 Å². The van der Waals surface area contributed by atoms with Crippen LogP contribution in [0.4, 0.5) is 5.82 Å². The fraction of sp³-hybridized carbons (Fsp3) is 0. The van der Waals surface area contributed by atoms with Crippen LogP contribution < -0.4 is 5.43 Å². The van der Waals surface area contributed by atoms with Gasteiger partial charge in [0.2, 0.25) is 0 Å². The Labute approximate surface area is 119 Å². The van der Waals surface area contributed by atoms with Crippen LogP contribution in [-0.4, -0.2) is 11.2 Å². The SMILES string of the molecule is Clc1cc(Cl)c(N/N=C\c2ccccc2)nc1Cl. The number of nitrogens with zero attached hydrogens (tertiary/aromatic N) is 2. The lowest BCUT2D eigenvalue weighted by molar-refractivity contribution is 1.23. The van der Waals surface area contributed by atoms with Gasteiger partial charge in [0.05, 0.1) is 16.3 Å². The van der Waals surface area contributed by atoms with E-state index in [9.17, 15) is 0 Å². The first-order valence-electron chi connectivity index (χ1n) is 5.02. The number of rotatable bonds is 3. The maximum Gasteiger partial charge on any atom is 0.166 e. The highest BCUT2D eigenvalue weighted by Crippen LogP contribution is 2.28. The second-order valence-electron chi connectivity index (χ2n) is 3.37. The summed E-state index contributed by atoms with van der Waals surface area (Å²) in [6.45, 7) is 0. The molecule has 0 aliphatic rings. The summed E-state index contributed by atoms with van der Waals surface area (Å²) in [4.78, 5) is 3.98. The Kier molecular flexibility index (Phi) is 4.42. The molecule has 0 saturated heterocycles. The molecule has 0 unspecified atom stereocenters. The molecule has 1 N–H and O–H groups in total. The molecule has 0 fully saturated rings. The van der Waals surface area contributed by atoms with Gasteiger partial charge in [0.15, 0.2) is 5.82 Å². The number of halogens is 3. The topological polar surface area (TPSA) is 37.3 Å². The van der Waals surface area contributed by atoms with E-state index in [1.165, 1.54) is 6.07 Å². The molecule has 0 spiro atoms. The summed E-state index contributed by atoms with van der Waals surface area (Å²) in [7, 11) is 0. The lowest BCUT2D eigenvalue weighted by Gasteiger charge is -2.03. The number of hydrazone groups is 1. The van der Waals surface area contributed by atoms with Crippen molar-refractivity contribution in [2.24, 2.45) is 5.10 Å². The summed E-state index contributed by atoms with van der Waals surface area (Å²) in [6.07, 6.45) is 1.65. The third-order valence-corrected chi connectivity index (χ3v) is 3.03. The molecule has 6 heteroatoms. The van der Waals surface area contributed by atoms with Crippen molar-refractivity contribution in [1.82, 2.24) is 4.98 Å². The Bertz CT molecular complexity index is 570. The van der Waals surface area contributed by atoms with Gasteiger partial charge in [0, 0.05) is 0 Å². The summed E-state index contributed by atoms with van der Waals surface area (Å²) < 4.78 is 0. The fourth-order valence-corrected chi connectivity index (χ4v) is 1.77. The lowest BCUT2D eigenvalue weighted by Crippen LogP contribution is -1.95. The average molecular weight is 301 g/mol. The molecule has 0 amide bonds. The van der Waals surface area contributed by atoms with Gasteiger partial charge in [0.1, 0.15) is 5.15 Å². The minimum Gasteiger partial charge on any atom is -0.260 e. The van der Waals surface area contributed by atoms with Crippen LogP contribution in [0.1, 0.15) is 5.56 Å². The van der Waals surface area contributed by atoms with E-state index in [0.717, 1.165) is 5.56 Å². The normalized spacial score (nSPS) is 10.8. The van der Waals surface area contributed by atoms with Crippen molar-refractivity contribution < 1.29 is 0 Å². The largest absolute Gasteiger partial charge is 0.260 e. The monoisotopic (exact) mass is 299 g/mol. The minimum absolute atomic E-state index is 0.179. The minimum atomic E-state index is 0.179. The first kappa shape index (κ1) is 13.1. The predicted octanol–water partition coefficient (Wildman–Crippen LogP) is 4.49. The summed E-state index contributed by atoms with van der Waals surface area (Å²) >= 11 is 17.5. The van der Waals surface area contributed by atoms with E-state index in [2.05, 4.69) is 15.5 Å². The van der Waals surface area contributed by atoms with Crippen LogP contribution in [0.3, 0.4) is 0 Å². The first-order chi connectivity index (χ1) is 8.66. The molecule has 1 aromatic carbocycles. The van der Waals surface area contributed by atoms with Crippen LogP contribution in [0.15, 0.2) is 41.5 Å². The zero-order valence-corrected chi connectivity index (χ0v) is 11.3. The molecule has 0 aliphatic carbocycles. The van der Waals surface area contributed by atoms with E-state index in [4.69, 9.17) is 34.8 Å². The summed E-state index contributed by atoms with van der Waals surface area (Å²) in [5, 5.41) is 4.86. The maximum absolute atomic E-state index is 5.94. The van der Waals surface area contributed by atoms with E-state index in [1.54, 1.807) is 6.21 Å². The molecule has 0 atom stereocenters. The van der Waals surface area contributed by atoms with Crippen LogP contribution >= 0.6 is 34.8 Å². The number of hydrogen-bond acceptors (Lipinski definition) is 3. The fourth-order valence-electron chi connectivity index (χ4n) is 1.23. The van der Waals surface area contributed by atoms with Crippen molar-refractivity contribution in [3.05, 3.63) is 57.2 Å². The zero-order chi connectivity index (χ0) is 13.0. The number of anilines is 1. The molecule has 0 aliphatic heterocycles. The molecular formula is C12H8Cl3N3. The molecule has 0 saturated carbocycles. The molecular weight excluding hydrogens is 293 g/mol. The van der Waals surface area contributed by atoms with Crippen LogP contribution in [0.2, 0.25) is 15.2 Å². The van der Waals surface area contributed by atoms with E-state index in [1.807, 2.05) is 30.3 Å². The third-order valence-electron chi connectivity index (χ3n) is 2.07. The second kappa shape index (κ2) is 6.05. The molecule has 1 aromatic heterocycles. The molecule has 3 nitrogen and oxygen atoms in total. The molecule has 92 valence electrons. The van der Waals surface area contributed by atoms with Gasteiger partial charge in [-0.2, -0.15) is 5.10 Å². The highest BCUT2D eigenvalue weighted by atomic mass is 35.5. The summed E-state index contributed by atoms with van der Waals surface area (Å²) in [6, 6.07) is 11.1. The van der Waals surface area contributed by atoms with E-state index in [0.29, 0.717) is 15.9 Å². The van der Waals surface area contributed by atoms with E-state index < -0.39 is 0 Å². The van der Waals surface area contributed by atoms with Gasteiger partial charge in [-0.05, 0) is 11.6 Å². The van der Waals surface area contributed by atoms with Crippen molar-refractivity contribution in [3.8, 4) is 0 Å². The predicted molar refractivity (Wildman–Crippen MR) is 76.9 cm³/mol. The third kappa shape index (κ3) is 3.35. The number of hydrogen-bond donors (Lipinski definition) is 1. The second-order valence-corrected chi connectivity index (χ2v) is 4.54. The van der Waals surface area contributed by atoms with Crippen LogP contribution in [0, 0.1) is 0 Å². The van der Waals surface area contributed by atoms with Gasteiger partial charge >= 0.3 is 0 Å².